The van der Waals surface area contributed by atoms with Crippen LogP contribution in [0.25, 0.3) is 0 Å². The van der Waals surface area contributed by atoms with E-state index in [1.807, 2.05) is 23.1 Å². The number of hydrogen-bond donors (Lipinski definition) is 1. The molecule has 1 N–H and O–H groups in total. The summed E-state index contributed by atoms with van der Waals surface area (Å²) in [4.78, 5) is 25.2. The lowest BCUT2D eigenvalue weighted by molar-refractivity contribution is -0.137. The van der Waals surface area contributed by atoms with Crippen molar-refractivity contribution in [2.24, 2.45) is 5.92 Å². The van der Waals surface area contributed by atoms with Gasteiger partial charge in [-0.25, -0.2) is 0 Å². The fraction of sp³-hybridized carbons (Fsp3) is 0.529. The van der Waals surface area contributed by atoms with E-state index in [1.165, 1.54) is 0 Å². The Labute approximate surface area is 129 Å². The smallest absolute Gasteiger partial charge is 0.303 e. The lowest BCUT2D eigenvalue weighted by Crippen LogP contribution is -2.40. The van der Waals surface area contributed by atoms with Gasteiger partial charge in [0.1, 0.15) is 0 Å². The van der Waals surface area contributed by atoms with Crippen LogP contribution in [-0.4, -0.2) is 35.0 Å². The fourth-order valence-electron chi connectivity index (χ4n) is 3.30. The predicted octanol–water partition coefficient (Wildman–Crippen LogP) is 2.43. The average Bonchev–Trinajstić information content (AvgIpc) is 3.00. The number of benzene rings is 1. The van der Waals surface area contributed by atoms with E-state index in [-0.39, 0.29) is 12.3 Å². The second kappa shape index (κ2) is 6.48. The third kappa shape index (κ3) is 3.30. The van der Waals surface area contributed by atoms with Crippen molar-refractivity contribution in [3.63, 3.8) is 0 Å². The van der Waals surface area contributed by atoms with E-state index < -0.39 is 5.97 Å². The summed E-state index contributed by atoms with van der Waals surface area (Å²) in [7, 11) is 0. The second-order valence-corrected chi connectivity index (χ2v) is 6.17. The minimum atomic E-state index is -0.762. The summed E-state index contributed by atoms with van der Waals surface area (Å²) in [5.74, 6) is -0.414. The van der Waals surface area contributed by atoms with Crippen molar-refractivity contribution >= 4 is 11.9 Å². The molecule has 1 saturated heterocycles. The quantitative estimate of drug-likeness (QED) is 0.927. The molecule has 0 aromatic heterocycles. The zero-order valence-corrected chi connectivity index (χ0v) is 12.6. The Bertz CT molecular complexity index is 584. The Morgan fingerprint density at radius 2 is 2.09 bits per heavy atom. The van der Waals surface area contributed by atoms with Gasteiger partial charge in [0.25, 0.3) is 5.91 Å². The maximum atomic E-state index is 12.7. The van der Waals surface area contributed by atoms with Crippen molar-refractivity contribution in [2.45, 2.75) is 38.9 Å². The normalized spacial score (nSPS) is 20.7. The molecule has 0 bridgehead atoms. The van der Waals surface area contributed by atoms with Gasteiger partial charge >= 0.3 is 5.97 Å². The van der Waals surface area contributed by atoms with Crippen molar-refractivity contribution < 1.29 is 19.4 Å². The molecule has 22 heavy (non-hydrogen) atoms. The maximum absolute atomic E-state index is 12.7. The van der Waals surface area contributed by atoms with Crippen LogP contribution in [0.1, 0.15) is 47.2 Å². The molecule has 2 aliphatic heterocycles. The molecular weight excluding hydrogens is 282 g/mol. The summed E-state index contributed by atoms with van der Waals surface area (Å²) in [6.45, 7) is 2.64. The van der Waals surface area contributed by atoms with Gasteiger partial charge in [-0.3, -0.25) is 9.59 Å². The van der Waals surface area contributed by atoms with Gasteiger partial charge in [-0.05, 0) is 48.4 Å². The minimum Gasteiger partial charge on any atom is -0.481 e. The Kier molecular flexibility index (Phi) is 4.43. The van der Waals surface area contributed by atoms with Crippen LogP contribution in [0.3, 0.4) is 0 Å². The van der Waals surface area contributed by atoms with Gasteiger partial charge in [0.15, 0.2) is 0 Å². The molecule has 1 aromatic rings. The van der Waals surface area contributed by atoms with E-state index in [1.54, 1.807) is 0 Å². The summed E-state index contributed by atoms with van der Waals surface area (Å²) in [5.41, 5.74) is 2.97. The average molecular weight is 303 g/mol. The summed E-state index contributed by atoms with van der Waals surface area (Å²) < 4.78 is 5.39. The van der Waals surface area contributed by atoms with Crippen molar-refractivity contribution in [2.75, 3.05) is 13.1 Å². The van der Waals surface area contributed by atoms with Crippen LogP contribution < -0.4 is 0 Å². The first-order valence-corrected chi connectivity index (χ1v) is 7.84. The summed E-state index contributed by atoms with van der Waals surface area (Å²) in [5, 5.41) is 8.79. The van der Waals surface area contributed by atoms with Gasteiger partial charge in [-0.2, -0.15) is 0 Å². The number of carbonyl (C=O) groups excluding carboxylic acids is 1. The molecule has 1 atom stereocenters. The highest BCUT2D eigenvalue weighted by Crippen LogP contribution is 2.25. The number of rotatable bonds is 4. The SMILES string of the molecule is O=C(O)CCC1CCCN(C(=O)c2ccc3c(c2)COC3)C1. The van der Waals surface area contributed by atoms with Gasteiger partial charge in [0.05, 0.1) is 13.2 Å². The lowest BCUT2D eigenvalue weighted by Gasteiger charge is -2.32. The van der Waals surface area contributed by atoms with Crippen molar-refractivity contribution in [3.8, 4) is 0 Å². The van der Waals surface area contributed by atoms with Crippen molar-refractivity contribution in [3.05, 3.63) is 34.9 Å². The van der Waals surface area contributed by atoms with E-state index >= 15 is 0 Å². The maximum Gasteiger partial charge on any atom is 0.303 e. The Morgan fingerprint density at radius 1 is 1.27 bits per heavy atom. The molecule has 2 heterocycles. The van der Waals surface area contributed by atoms with E-state index in [0.717, 1.165) is 30.5 Å². The summed E-state index contributed by atoms with van der Waals surface area (Å²) >= 11 is 0. The molecule has 1 fully saturated rings. The minimum absolute atomic E-state index is 0.0507. The highest BCUT2D eigenvalue weighted by Gasteiger charge is 2.25. The van der Waals surface area contributed by atoms with Crippen LogP contribution in [0.2, 0.25) is 0 Å². The van der Waals surface area contributed by atoms with Crippen molar-refractivity contribution in [1.29, 1.82) is 0 Å². The van der Waals surface area contributed by atoms with Crippen molar-refractivity contribution in [1.82, 2.24) is 4.90 Å². The lowest BCUT2D eigenvalue weighted by atomic mass is 9.93. The molecule has 1 unspecified atom stereocenters. The Morgan fingerprint density at radius 3 is 2.91 bits per heavy atom. The van der Waals surface area contributed by atoms with Crippen LogP contribution in [0.5, 0.6) is 0 Å². The molecule has 5 heteroatoms. The standard InChI is InChI=1S/C17H21NO4/c19-16(20)6-3-12-2-1-7-18(9-12)17(21)13-4-5-14-10-22-11-15(14)8-13/h4-5,8,12H,1-3,6-7,9-11H2,(H,19,20). The molecule has 0 spiro atoms. The first-order chi connectivity index (χ1) is 10.6. The first-order valence-electron chi connectivity index (χ1n) is 7.84. The van der Waals surface area contributed by atoms with Crippen LogP contribution in [-0.2, 0) is 22.7 Å². The number of hydrogen-bond acceptors (Lipinski definition) is 3. The van der Waals surface area contributed by atoms with Gasteiger partial charge in [-0.15, -0.1) is 0 Å². The van der Waals surface area contributed by atoms with Gasteiger partial charge < -0.3 is 14.7 Å². The number of ether oxygens (including phenoxy) is 1. The molecule has 2 aliphatic rings. The monoisotopic (exact) mass is 303 g/mol. The number of carboxylic acids is 1. The molecule has 0 aliphatic carbocycles. The number of carbonyl (C=O) groups is 2. The zero-order chi connectivity index (χ0) is 15.5. The zero-order valence-electron chi connectivity index (χ0n) is 12.6. The fourth-order valence-corrected chi connectivity index (χ4v) is 3.30. The number of likely N-dealkylation sites (tertiary alicyclic amines) is 1. The number of fused-ring (bicyclic) bond motifs is 1. The Hall–Kier alpha value is -1.88. The Balaban J connectivity index is 1.65. The number of nitrogens with zero attached hydrogens (tertiary/aromatic N) is 1. The van der Waals surface area contributed by atoms with E-state index in [0.29, 0.717) is 37.7 Å². The number of aliphatic carboxylic acids is 1. The largest absolute Gasteiger partial charge is 0.481 e. The third-order valence-electron chi connectivity index (χ3n) is 4.54. The molecule has 0 radical (unpaired) electrons. The molecule has 0 saturated carbocycles. The van der Waals surface area contributed by atoms with E-state index in [9.17, 15) is 9.59 Å². The highest BCUT2D eigenvalue weighted by molar-refractivity contribution is 5.94. The molecular formula is C17H21NO4. The highest BCUT2D eigenvalue weighted by atomic mass is 16.5. The molecule has 1 aromatic carbocycles. The number of piperidine rings is 1. The van der Waals surface area contributed by atoms with Crippen LogP contribution in [0.4, 0.5) is 0 Å². The summed E-state index contributed by atoms with van der Waals surface area (Å²) in [6.07, 6.45) is 2.79. The van der Waals surface area contributed by atoms with Crippen LogP contribution in [0, 0.1) is 5.92 Å². The topological polar surface area (TPSA) is 66.8 Å². The molecule has 1 amide bonds. The molecule has 5 nitrogen and oxygen atoms in total. The third-order valence-corrected chi connectivity index (χ3v) is 4.54. The number of carboxylic acid groups (broad SMARTS) is 1. The van der Waals surface area contributed by atoms with Crippen LogP contribution >= 0.6 is 0 Å². The second-order valence-electron chi connectivity index (χ2n) is 6.17. The van der Waals surface area contributed by atoms with E-state index in [4.69, 9.17) is 9.84 Å². The van der Waals surface area contributed by atoms with E-state index in [2.05, 4.69) is 0 Å². The predicted molar refractivity (Wildman–Crippen MR) is 80.4 cm³/mol. The summed E-state index contributed by atoms with van der Waals surface area (Å²) in [6, 6.07) is 5.78. The molecule has 118 valence electrons. The van der Waals surface area contributed by atoms with Crippen LogP contribution in [0.15, 0.2) is 18.2 Å². The van der Waals surface area contributed by atoms with Gasteiger partial charge in [0.2, 0.25) is 0 Å². The molecule has 3 rings (SSSR count). The van der Waals surface area contributed by atoms with Gasteiger partial charge in [-0.1, -0.05) is 6.07 Å². The number of amides is 1. The van der Waals surface area contributed by atoms with Gasteiger partial charge in [0, 0.05) is 25.1 Å². The first kappa shape index (κ1) is 15.0.